The molecule has 1 atom stereocenters. The normalized spacial score (nSPS) is 15.6. The molecule has 0 fully saturated rings. The average molecular weight is 235 g/mol. The lowest BCUT2D eigenvalue weighted by Gasteiger charge is -2.26. The van der Waals surface area contributed by atoms with Crippen LogP contribution in [-0.4, -0.2) is 11.7 Å². The Labute approximate surface area is 105 Å². The Bertz CT molecular complexity index is 346. The van der Waals surface area contributed by atoms with Crippen molar-refractivity contribution in [3.8, 4) is 0 Å². The molecule has 1 unspecified atom stereocenters. The Hall–Kier alpha value is -0.860. The van der Waals surface area contributed by atoms with Gasteiger partial charge in [-0.15, -0.1) is 0 Å². The molecule has 17 heavy (non-hydrogen) atoms. The molecular weight excluding hydrogens is 210 g/mol. The summed E-state index contributed by atoms with van der Waals surface area (Å²) in [6, 6.07) is 8.52. The van der Waals surface area contributed by atoms with E-state index >= 15 is 0 Å². The number of rotatable bonds is 4. The van der Waals surface area contributed by atoms with E-state index in [0.717, 1.165) is 18.4 Å². The molecule has 0 spiro atoms. The monoisotopic (exact) mass is 235 g/mol. The number of aliphatic hydroxyl groups excluding tert-OH is 1. The summed E-state index contributed by atoms with van der Waals surface area (Å²) in [6.07, 6.45) is 1.55. The van der Waals surface area contributed by atoms with Crippen LogP contribution in [0, 0.1) is 0 Å². The maximum atomic E-state index is 8.87. The van der Waals surface area contributed by atoms with E-state index < -0.39 is 0 Å². The summed E-state index contributed by atoms with van der Waals surface area (Å²) >= 11 is 0. The van der Waals surface area contributed by atoms with Crippen molar-refractivity contribution in [1.29, 1.82) is 0 Å². The highest BCUT2D eigenvalue weighted by molar-refractivity contribution is 5.31. The number of hydrogen-bond donors (Lipinski definition) is 2. The van der Waals surface area contributed by atoms with Crippen LogP contribution in [0.3, 0.4) is 0 Å². The second-order valence-electron chi connectivity index (χ2n) is 6.07. The molecule has 0 aliphatic heterocycles. The summed E-state index contributed by atoms with van der Waals surface area (Å²) < 4.78 is 0. The predicted molar refractivity (Wildman–Crippen MR) is 73.0 cm³/mol. The molecule has 0 aromatic heterocycles. The van der Waals surface area contributed by atoms with Crippen LogP contribution in [0.1, 0.15) is 51.7 Å². The summed E-state index contributed by atoms with van der Waals surface area (Å²) in [7, 11) is 0. The molecule has 0 amide bonds. The molecule has 0 saturated heterocycles. The zero-order valence-electron chi connectivity index (χ0n) is 11.5. The number of nitrogens with two attached hydrogens (primary N) is 1. The molecule has 0 aliphatic rings. The Morgan fingerprint density at radius 3 is 1.88 bits per heavy atom. The van der Waals surface area contributed by atoms with E-state index in [2.05, 4.69) is 45.0 Å². The smallest absolute Gasteiger partial charge is 0.0431 e. The van der Waals surface area contributed by atoms with Gasteiger partial charge in [-0.05, 0) is 36.3 Å². The molecule has 0 bridgehead atoms. The van der Waals surface area contributed by atoms with E-state index in [9.17, 15) is 0 Å². The summed E-state index contributed by atoms with van der Waals surface area (Å²) in [5.74, 6) is 0. The van der Waals surface area contributed by atoms with Gasteiger partial charge in [0.15, 0.2) is 0 Å². The molecule has 0 saturated carbocycles. The van der Waals surface area contributed by atoms with Gasteiger partial charge in [0.25, 0.3) is 0 Å². The SMILES string of the molecule is CC(C)(C)c1ccc(C(C)(N)CCCO)cc1. The first-order valence-electron chi connectivity index (χ1n) is 6.28. The van der Waals surface area contributed by atoms with Gasteiger partial charge in [0.05, 0.1) is 0 Å². The third-order valence-corrected chi connectivity index (χ3v) is 3.26. The van der Waals surface area contributed by atoms with Gasteiger partial charge < -0.3 is 10.8 Å². The van der Waals surface area contributed by atoms with E-state index in [1.807, 2.05) is 6.92 Å². The molecule has 3 N–H and O–H groups in total. The van der Waals surface area contributed by atoms with Gasteiger partial charge in [0.2, 0.25) is 0 Å². The summed E-state index contributed by atoms with van der Waals surface area (Å²) in [6.45, 7) is 8.84. The van der Waals surface area contributed by atoms with E-state index in [1.165, 1.54) is 5.56 Å². The van der Waals surface area contributed by atoms with Crippen molar-refractivity contribution in [2.45, 2.75) is 51.5 Å². The second-order valence-corrected chi connectivity index (χ2v) is 6.07. The average Bonchev–Trinajstić information content (AvgIpc) is 2.25. The quantitative estimate of drug-likeness (QED) is 0.843. The van der Waals surface area contributed by atoms with Crippen LogP contribution in [0.4, 0.5) is 0 Å². The van der Waals surface area contributed by atoms with E-state index in [0.29, 0.717) is 0 Å². The van der Waals surface area contributed by atoms with Crippen LogP contribution in [-0.2, 0) is 11.0 Å². The van der Waals surface area contributed by atoms with Crippen molar-refractivity contribution in [2.75, 3.05) is 6.61 Å². The standard InChI is InChI=1S/C15H25NO/c1-14(2,3)12-6-8-13(9-7-12)15(4,16)10-5-11-17/h6-9,17H,5,10-11,16H2,1-4H3. The van der Waals surface area contributed by atoms with Gasteiger partial charge in [0, 0.05) is 12.1 Å². The molecule has 0 heterocycles. The molecule has 0 aliphatic carbocycles. The zero-order valence-corrected chi connectivity index (χ0v) is 11.5. The molecule has 2 nitrogen and oxygen atoms in total. The Morgan fingerprint density at radius 1 is 1.00 bits per heavy atom. The van der Waals surface area contributed by atoms with Crippen LogP contribution in [0.15, 0.2) is 24.3 Å². The minimum Gasteiger partial charge on any atom is -0.396 e. The number of benzene rings is 1. The maximum Gasteiger partial charge on any atom is 0.0431 e. The van der Waals surface area contributed by atoms with Gasteiger partial charge >= 0.3 is 0 Å². The van der Waals surface area contributed by atoms with Crippen molar-refractivity contribution in [2.24, 2.45) is 5.73 Å². The number of aliphatic hydroxyl groups is 1. The van der Waals surface area contributed by atoms with Crippen LogP contribution < -0.4 is 5.73 Å². The zero-order chi connectivity index (χ0) is 13.1. The maximum absolute atomic E-state index is 8.87. The Kier molecular flexibility index (Phi) is 4.34. The van der Waals surface area contributed by atoms with Crippen molar-refractivity contribution in [1.82, 2.24) is 0 Å². The molecule has 1 aromatic carbocycles. The third kappa shape index (κ3) is 3.83. The third-order valence-electron chi connectivity index (χ3n) is 3.26. The van der Waals surface area contributed by atoms with Gasteiger partial charge in [0.1, 0.15) is 0 Å². The van der Waals surface area contributed by atoms with Gasteiger partial charge in [-0.25, -0.2) is 0 Å². The van der Waals surface area contributed by atoms with Crippen molar-refractivity contribution < 1.29 is 5.11 Å². The predicted octanol–water partition coefficient (Wildman–Crippen LogP) is 2.93. The molecule has 2 heteroatoms. The van der Waals surface area contributed by atoms with E-state index in [4.69, 9.17) is 10.8 Å². The first kappa shape index (κ1) is 14.2. The summed E-state index contributed by atoms with van der Waals surface area (Å²) in [5, 5.41) is 8.87. The number of hydrogen-bond acceptors (Lipinski definition) is 2. The van der Waals surface area contributed by atoms with Gasteiger partial charge in [-0.1, -0.05) is 45.0 Å². The van der Waals surface area contributed by atoms with Gasteiger partial charge in [-0.3, -0.25) is 0 Å². The topological polar surface area (TPSA) is 46.2 Å². The van der Waals surface area contributed by atoms with E-state index in [1.54, 1.807) is 0 Å². The Morgan fingerprint density at radius 2 is 1.47 bits per heavy atom. The fourth-order valence-corrected chi connectivity index (χ4v) is 1.94. The lowest BCUT2D eigenvalue weighted by Crippen LogP contribution is -2.33. The highest BCUT2D eigenvalue weighted by atomic mass is 16.2. The largest absolute Gasteiger partial charge is 0.396 e. The van der Waals surface area contributed by atoms with Crippen LogP contribution in [0.2, 0.25) is 0 Å². The van der Waals surface area contributed by atoms with Gasteiger partial charge in [-0.2, -0.15) is 0 Å². The lowest BCUT2D eigenvalue weighted by molar-refractivity contribution is 0.265. The van der Waals surface area contributed by atoms with Crippen LogP contribution in [0.25, 0.3) is 0 Å². The van der Waals surface area contributed by atoms with Crippen molar-refractivity contribution in [3.05, 3.63) is 35.4 Å². The molecule has 0 radical (unpaired) electrons. The van der Waals surface area contributed by atoms with Crippen LogP contribution >= 0.6 is 0 Å². The Balaban J connectivity index is 2.87. The first-order valence-corrected chi connectivity index (χ1v) is 6.28. The fraction of sp³-hybridized carbons (Fsp3) is 0.600. The second kappa shape index (κ2) is 5.19. The first-order chi connectivity index (χ1) is 7.77. The minimum atomic E-state index is -0.348. The van der Waals surface area contributed by atoms with Crippen molar-refractivity contribution >= 4 is 0 Å². The molecule has 1 rings (SSSR count). The molecular formula is C15H25NO. The summed E-state index contributed by atoms with van der Waals surface area (Å²) in [4.78, 5) is 0. The van der Waals surface area contributed by atoms with E-state index in [-0.39, 0.29) is 17.6 Å². The van der Waals surface area contributed by atoms with Crippen molar-refractivity contribution in [3.63, 3.8) is 0 Å². The summed E-state index contributed by atoms with van der Waals surface area (Å²) in [5.41, 5.74) is 8.56. The fourth-order valence-electron chi connectivity index (χ4n) is 1.94. The minimum absolute atomic E-state index is 0.175. The lowest BCUT2D eigenvalue weighted by atomic mass is 9.83. The molecule has 1 aromatic rings. The van der Waals surface area contributed by atoms with Crippen LogP contribution in [0.5, 0.6) is 0 Å². The highest BCUT2D eigenvalue weighted by Gasteiger charge is 2.21. The molecule has 96 valence electrons. The highest BCUT2D eigenvalue weighted by Crippen LogP contribution is 2.27.